The number of anilines is 1. The van der Waals surface area contributed by atoms with Gasteiger partial charge in [-0.25, -0.2) is 12.8 Å². The Morgan fingerprint density at radius 1 is 0.941 bits per heavy atom. The maximum Gasteiger partial charge on any atom is 0.268 e. The van der Waals surface area contributed by atoms with Gasteiger partial charge in [0.2, 0.25) is 0 Å². The predicted molar refractivity (Wildman–Crippen MR) is 137 cm³/mol. The average molecular weight is 561 g/mol. The molecule has 174 valence electrons. The molecule has 8 heteroatoms. The number of rotatable bonds is 6. The second kappa shape index (κ2) is 9.78. The summed E-state index contributed by atoms with van der Waals surface area (Å²) < 4.78 is 44.0. The molecule has 0 aliphatic rings. The molecule has 34 heavy (non-hydrogen) atoms. The number of hydrogen-bond donors (Lipinski definition) is 1. The molecule has 0 heterocycles. The monoisotopic (exact) mass is 559 g/mol. The number of aryl methyl sites for hydroxylation is 1. The lowest BCUT2D eigenvalue weighted by Gasteiger charge is -2.26. The molecule has 1 N–H and O–H groups in total. The summed E-state index contributed by atoms with van der Waals surface area (Å²) in [6.45, 7) is 1.79. The lowest BCUT2D eigenvalue weighted by atomic mass is 10.0. The number of phenolic OH excluding ortho intramolecular Hbond substituents is 1. The van der Waals surface area contributed by atoms with Crippen molar-refractivity contribution in [2.75, 3.05) is 4.31 Å². The summed E-state index contributed by atoms with van der Waals surface area (Å²) in [5.74, 6) is -1.21. The van der Waals surface area contributed by atoms with Crippen LogP contribution in [0.15, 0.2) is 94.3 Å². The van der Waals surface area contributed by atoms with Crippen molar-refractivity contribution in [2.45, 2.75) is 18.4 Å². The summed E-state index contributed by atoms with van der Waals surface area (Å²) in [6.07, 6.45) is 0. The van der Waals surface area contributed by atoms with Gasteiger partial charge >= 0.3 is 0 Å². The van der Waals surface area contributed by atoms with Gasteiger partial charge in [0.15, 0.2) is 0 Å². The summed E-state index contributed by atoms with van der Waals surface area (Å²) in [6, 6.07) is 23.4. The molecule has 0 radical (unpaired) electrons. The van der Waals surface area contributed by atoms with Crippen LogP contribution in [0.3, 0.4) is 0 Å². The normalized spacial score (nSPS) is 11.4. The van der Waals surface area contributed by atoms with Gasteiger partial charge in [-0.3, -0.25) is 4.31 Å². The Hall–Kier alpha value is -2.87. The summed E-state index contributed by atoms with van der Waals surface area (Å²) >= 11 is 9.23. The molecule has 0 bridgehead atoms. The smallest absolute Gasteiger partial charge is 0.268 e. The highest BCUT2D eigenvalue weighted by atomic mass is 79.9. The van der Waals surface area contributed by atoms with Crippen molar-refractivity contribution < 1.29 is 17.9 Å². The molecule has 4 aromatic carbocycles. The van der Waals surface area contributed by atoms with Crippen molar-refractivity contribution in [1.82, 2.24) is 0 Å². The van der Waals surface area contributed by atoms with Crippen LogP contribution in [0.2, 0.25) is 5.02 Å². The number of aromatic hydroxyl groups is 1. The molecule has 0 atom stereocenters. The van der Waals surface area contributed by atoms with Gasteiger partial charge in [-0.15, -0.1) is 0 Å². The van der Waals surface area contributed by atoms with Crippen molar-refractivity contribution in [3.63, 3.8) is 0 Å². The van der Waals surface area contributed by atoms with Crippen LogP contribution in [-0.4, -0.2) is 13.5 Å². The Morgan fingerprint density at radius 2 is 1.65 bits per heavy atom. The molecule has 4 rings (SSSR count). The van der Waals surface area contributed by atoms with E-state index in [-0.39, 0.29) is 21.7 Å². The highest BCUT2D eigenvalue weighted by Crippen LogP contribution is 2.39. The van der Waals surface area contributed by atoms with E-state index in [9.17, 15) is 13.5 Å². The SMILES string of the molecule is Cc1cccc(-c2ccc(F)c(N(Cc3ccccc3)S(=O)(=O)c3cc(Cl)cc(Br)c3O)c2)c1. The Kier molecular flexibility index (Phi) is 6.98. The zero-order chi connectivity index (χ0) is 24.5. The second-order valence-corrected chi connectivity index (χ2v) is 10.9. The molecular formula is C26H20BrClFNO3S. The largest absolute Gasteiger partial charge is 0.505 e. The molecule has 0 amide bonds. The van der Waals surface area contributed by atoms with Crippen molar-refractivity contribution in [1.29, 1.82) is 0 Å². The van der Waals surface area contributed by atoms with Gasteiger partial charge in [-0.1, -0.05) is 77.8 Å². The molecule has 0 spiro atoms. The molecule has 0 saturated heterocycles. The molecule has 0 unspecified atom stereocenters. The van der Waals surface area contributed by atoms with Crippen LogP contribution in [0.5, 0.6) is 5.75 Å². The quantitative estimate of drug-likeness (QED) is 0.269. The topological polar surface area (TPSA) is 57.6 Å². The lowest BCUT2D eigenvalue weighted by Crippen LogP contribution is -2.31. The van der Waals surface area contributed by atoms with Gasteiger partial charge in [0.25, 0.3) is 10.0 Å². The molecule has 0 fully saturated rings. The fourth-order valence-corrected chi connectivity index (χ4v) is 6.21. The summed E-state index contributed by atoms with van der Waals surface area (Å²) in [7, 11) is -4.43. The zero-order valence-electron chi connectivity index (χ0n) is 18.0. The van der Waals surface area contributed by atoms with Gasteiger partial charge in [-0.05, 0) is 63.8 Å². The van der Waals surface area contributed by atoms with E-state index < -0.39 is 26.5 Å². The molecular weight excluding hydrogens is 541 g/mol. The van der Waals surface area contributed by atoms with Gasteiger partial charge in [0.05, 0.1) is 16.7 Å². The number of phenols is 1. The van der Waals surface area contributed by atoms with Crippen molar-refractivity contribution >= 4 is 43.2 Å². The first-order chi connectivity index (χ1) is 16.2. The summed E-state index contributed by atoms with van der Waals surface area (Å²) in [5, 5.41) is 10.7. The van der Waals surface area contributed by atoms with E-state index in [0.29, 0.717) is 11.1 Å². The van der Waals surface area contributed by atoms with Crippen molar-refractivity contribution in [2.24, 2.45) is 0 Å². The van der Waals surface area contributed by atoms with E-state index in [4.69, 9.17) is 11.6 Å². The van der Waals surface area contributed by atoms with E-state index in [1.807, 2.05) is 31.2 Å². The number of halogens is 3. The van der Waals surface area contributed by atoms with Crippen LogP contribution < -0.4 is 4.31 Å². The van der Waals surface area contributed by atoms with Crippen molar-refractivity contribution in [3.05, 3.63) is 111 Å². The summed E-state index contributed by atoms with van der Waals surface area (Å²) in [5.41, 5.74) is 3.01. The summed E-state index contributed by atoms with van der Waals surface area (Å²) in [4.78, 5) is -0.428. The number of hydrogen-bond acceptors (Lipinski definition) is 3. The first-order valence-corrected chi connectivity index (χ1v) is 12.9. The average Bonchev–Trinajstić information content (AvgIpc) is 2.81. The third-order valence-corrected chi connectivity index (χ3v) is 7.89. The van der Waals surface area contributed by atoms with Crippen LogP contribution in [0.25, 0.3) is 11.1 Å². The first kappa shape index (κ1) is 24.3. The van der Waals surface area contributed by atoms with E-state index in [0.717, 1.165) is 21.5 Å². The fourth-order valence-electron chi connectivity index (χ4n) is 3.61. The standard InChI is InChI=1S/C26H20BrClFNO3S/c1-17-6-5-9-19(12-17)20-10-11-23(29)24(13-20)30(16-18-7-3-2-4-8-18)34(32,33)25-15-21(28)14-22(27)26(25)31/h2-15,31H,16H2,1H3. The van der Waals surface area contributed by atoms with Gasteiger partial charge < -0.3 is 5.11 Å². The van der Waals surface area contributed by atoms with Gasteiger partial charge in [-0.2, -0.15) is 0 Å². The van der Waals surface area contributed by atoms with Crippen LogP contribution in [0.1, 0.15) is 11.1 Å². The first-order valence-electron chi connectivity index (χ1n) is 10.3. The molecule has 0 saturated carbocycles. The van der Waals surface area contributed by atoms with Crippen LogP contribution >= 0.6 is 27.5 Å². The number of nitrogens with zero attached hydrogens (tertiary/aromatic N) is 1. The Balaban J connectivity index is 1.92. The number of sulfonamides is 1. The molecule has 0 aromatic heterocycles. The molecule has 4 nitrogen and oxygen atoms in total. The molecule has 0 aliphatic heterocycles. The third kappa shape index (κ3) is 4.97. The van der Waals surface area contributed by atoms with Gasteiger partial charge in [0.1, 0.15) is 16.5 Å². The maximum atomic E-state index is 15.2. The Labute approximate surface area is 211 Å². The van der Waals surface area contributed by atoms with E-state index >= 15 is 4.39 Å². The molecule has 4 aromatic rings. The van der Waals surface area contributed by atoms with Crippen LogP contribution in [0.4, 0.5) is 10.1 Å². The number of benzene rings is 4. The van der Waals surface area contributed by atoms with E-state index in [1.165, 1.54) is 18.2 Å². The zero-order valence-corrected chi connectivity index (χ0v) is 21.2. The minimum absolute atomic E-state index is 0.108. The van der Waals surface area contributed by atoms with Crippen LogP contribution in [0, 0.1) is 12.7 Å². The third-order valence-electron chi connectivity index (χ3n) is 5.30. The highest BCUT2D eigenvalue weighted by Gasteiger charge is 2.31. The lowest BCUT2D eigenvalue weighted by molar-refractivity contribution is 0.455. The Bertz CT molecular complexity index is 1460. The van der Waals surface area contributed by atoms with Gasteiger partial charge in [0, 0.05) is 5.02 Å². The maximum absolute atomic E-state index is 15.2. The fraction of sp³-hybridized carbons (Fsp3) is 0.0769. The second-order valence-electron chi connectivity index (χ2n) is 7.77. The Morgan fingerprint density at radius 3 is 2.35 bits per heavy atom. The minimum atomic E-state index is -4.43. The van der Waals surface area contributed by atoms with E-state index in [1.54, 1.807) is 36.4 Å². The molecule has 0 aliphatic carbocycles. The van der Waals surface area contributed by atoms with Crippen LogP contribution in [-0.2, 0) is 16.6 Å². The van der Waals surface area contributed by atoms with Crippen molar-refractivity contribution in [3.8, 4) is 16.9 Å². The minimum Gasteiger partial charge on any atom is -0.505 e. The predicted octanol–water partition coefficient (Wildman–Crippen LogP) is 7.32. The van der Waals surface area contributed by atoms with E-state index in [2.05, 4.69) is 15.9 Å². The highest BCUT2D eigenvalue weighted by molar-refractivity contribution is 9.10.